The summed E-state index contributed by atoms with van der Waals surface area (Å²) in [6.45, 7) is 4.76. The van der Waals surface area contributed by atoms with Gasteiger partial charge in [-0.3, -0.25) is 9.36 Å². The molecule has 5 nitrogen and oxygen atoms in total. The Morgan fingerprint density at radius 3 is 2.88 bits per heavy atom. The van der Waals surface area contributed by atoms with Crippen molar-refractivity contribution in [3.63, 3.8) is 0 Å². The van der Waals surface area contributed by atoms with Gasteiger partial charge in [0.25, 0.3) is 0 Å². The minimum atomic E-state index is 0.790. The number of hydrogen-bond acceptors (Lipinski definition) is 3. The number of aryl methyl sites for hydroxylation is 2. The number of rotatable bonds is 6. The van der Waals surface area contributed by atoms with E-state index in [1.54, 1.807) is 0 Å². The highest BCUT2D eigenvalue weighted by molar-refractivity contribution is 5.02. The van der Waals surface area contributed by atoms with Gasteiger partial charge in [0, 0.05) is 39.1 Å². The molecule has 0 bridgehead atoms. The van der Waals surface area contributed by atoms with Crippen LogP contribution in [0.15, 0.2) is 24.5 Å². The van der Waals surface area contributed by atoms with E-state index in [0.29, 0.717) is 0 Å². The molecule has 0 radical (unpaired) electrons. The highest BCUT2D eigenvalue weighted by Gasteiger charge is 2.01. The van der Waals surface area contributed by atoms with Crippen LogP contribution in [0.5, 0.6) is 0 Å². The molecule has 1 N–H and O–H groups in total. The van der Waals surface area contributed by atoms with Gasteiger partial charge < -0.3 is 5.32 Å². The summed E-state index contributed by atoms with van der Waals surface area (Å²) in [5.74, 6) is 0. The highest BCUT2D eigenvalue weighted by Crippen LogP contribution is 2.01. The lowest BCUT2D eigenvalue weighted by molar-refractivity contribution is 0.546. The second kappa shape index (κ2) is 5.63. The SMILES string of the molecule is CCCn1nccc1CNCc1ccn(C)n1. The van der Waals surface area contributed by atoms with Crippen molar-refractivity contribution < 1.29 is 0 Å². The zero-order chi connectivity index (χ0) is 12.1. The van der Waals surface area contributed by atoms with Gasteiger partial charge in [-0.15, -0.1) is 0 Å². The lowest BCUT2D eigenvalue weighted by Gasteiger charge is -2.06. The summed E-state index contributed by atoms with van der Waals surface area (Å²) in [4.78, 5) is 0. The molecule has 2 rings (SSSR count). The Bertz CT molecular complexity index is 457. The monoisotopic (exact) mass is 233 g/mol. The smallest absolute Gasteiger partial charge is 0.0762 e. The van der Waals surface area contributed by atoms with Crippen LogP contribution in [0.3, 0.4) is 0 Å². The Morgan fingerprint density at radius 2 is 2.18 bits per heavy atom. The lowest BCUT2D eigenvalue weighted by Crippen LogP contribution is -2.16. The Labute approximate surface area is 101 Å². The largest absolute Gasteiger partial charge is 0.305 e. The van der Waals surface area contributed by atoms with Crippen molar-refractivity contribution in [2.75, 3.05) is 0 Å². The van der Waals surface area contributed by atoms with Crippen LogP contribution in [-0.4, -0.2) is 19.6 Å². The fraction of sp³-hybridized carbons (Fsp3) is 0.500. The van der Waals surface area contributed by atoms with Crippen molar-refractivity contribution in [2.24, 2.45) is 7.05 Å². The van der Waals surface area contributed by atoms with Crippen LogP contribution >= 0.6 is 0 Å². The van der Waals surface area contributed by atoms with Crippen LogP contribution in [0.1, 0.15) is 24.7 Å². The van der Waals surface area contributed by atoms with E-state index in [1.807, 2.05) is 34.9 Å². The van der Waals surface area contributed by atoms with E-state index < -0.39 is 0 Å². The van der Waals surface area contributed by atoms with Crippen molar-refractivity contribution in [1.82, 2.24) is 24.9 Å². The fourth-order valence-electron chi connectivity index (χ4n) is 1.80. The zero-order valence-corrected chi connectivity index (χ0v) is 10.4. The molecule has 0 unspecified atom stereocenters. The van der Waals surface area contributed by atoms with Crippen LogP contribution in [0.4, 0.5) is 0 Å². The van der Waals surface area contributed by atoms with Gasteiger partial charge in [-0.05, 0) is 18.6 Å². The summed E-state index contributed by atoms with van der Waals surface area (Å²) in [6, 6.07) is 4.08. The van der Waals surface area contributed by atoms with E-state index in [1.165, 1.54) is 5.69 Å². The fourth-order valence-corrected chi connectivity index (χ4v) is 1.80. The van der Waals surface area contributed by atoms with Crippen LogP contribution in [0, 0.1) is 0 Å². The average Bonchev–Trinajstić information content (AvgIpc) is 2.90. The molecule has 2 aromatic heterocycles. The second-order valence-corrected chi connectivity index (χ2v) is 4.13. The van der Waals surface area contributed by atoms with Gasteiger partial charge in [-0.1, -0.05) is 6.92 Å². The summed E-state index contributed by atoms with van der Waals surface area (Å²) < 4.78 is 3.86. The topological polar surface area (TPSA) is 47.7 Å². The quantitative estimate of drug-likeness (QED) is 0.818. The summed E-state index contributed by atoms with van der Waals surface area (Å²) >= 11 is 0. The van der Waals surface area contributed by atoms with Crippen LogP contribution in [0.25, 0.3) is 0 Å². The summed E-state index contributed by atoms with van der Waals surface area (Å²) in [5, 5.41) is 12.0. The van der Waals surface area contributed by atoms with Gasteiger partial charge in [-0.25, -0.2) is 0 Å². The molecule has 5 heteroatoms. The standard InChI is InChI=1S/C12H19N5/c1-3-7-17-12(4-6-14-17)10-13-9-11-5-8-16(2)15-11/h4-6,8,13H,3,7,9-10H2,1-2H3. The van der Waals surface area contributed by atoms with E-state index in [0.717, 1.165) is 31.7 Å². The Kier molecular flexibility index (Phi) is 3.93. The highest BCUT2D eigenvalue weighted by atomic mass is 15.3. The van der Waals surface area contributed by atoms with Crippen molar-refractivity contribution in [2.45, 2.75) is 33.0 Å². The van der Waals surface area contributed by atoms with Gasteiger partial charge in [0.1, 0.15) is 0 Å². The van der Waals surface area contributed by atoms with Gasteiger partial charge in [0.15, 0.2) is 0 Å². The number of hydrogen-bond donors (Lipinski definition) is 1. The van der Waals surface area contributed by atoms with E-state index in [9.17, 15) is 0 Å². The second-order valence-electron chi connectivity index (χ2n) is 4.13. The van der Waals surface area contributed by atoms with Crippen molar-refractivity contribution in [3.8, 4) is 0 Å². The first-order chi connectivity index (χ1) is 8.29. The molecule has 92 valence electrons. The maximum atomic E-state index is 4.32. The van der Waals surface area contributed by atoms with Gasteiger partial charge in [-0.2, -0.15) is 10.2 Å². The lowest BCUT2D eigenvalue weighted by atomic mass is 10.3. The van der Waals surface area contributed by atoms with Gasteiger partial charge in [0.2, 0.25) is 0 Å². The molecule has 2 aromatic rings. The van der Waals surface area contributed by atoms with Crippen molar-refractivity contribution in [3.05, 3.63) is 35.9 Å². The maximum Gasteiger partial charge on any atom is 0.0762 e. The molecular weight excluding hydrogens is 214 g/mol. The molecule has 0 aliphatic heterocycles. The van der Waals surface area contributed by atoms with Crippen LogP contribution in [0.2, 0.25) is 0 Å². The maximum absolute atomic E-state index is 4.32. The number of nitrogens with one attached hydrogen (secondary N) is 1. The summed E-state index contributed by atoms with van der Waals surface area (Å²) in [5.41, 5.74) is 2.29. The van der Waals surface area contributed by atoms with Crippen LogP contribution < -0.4 is 5.32 Å². The molecule has 2 heterocycles. The average molecular weight is 233 g/mol. The summed E-state index contributed by atoms with van der Waals surface area (Å²) in [6.07, 6.45) is 4.92. The molecule has 0 atom stereocenters. The van der Waals surface area contributed by atoms with E-state index in [4.69, 9.17) is 0 Å². The molecule has 0 aliphatic carbocycles. The number of nitrogens with zero attached hydrogens (tertiary/aromatic N) is 4. The van der Waals surface area contributed by atoms with Gasteiger partial charge in [0.05, 0.1) is 11.4 Å². The molecule has 0 spiro atoms. The third kappa shape index (κ3) is 3.17. The minimum absolute atomic E-state index is 0.790. The first kappa shape index (κ1) is 11.9. The van der Waals surface area contributed by atoms with Crippen molar-refractivity contribution in [1.29, 1.82) is 0 Å². The first-order valence-corrected chi connectivity index (χ1v) is 5.99. The first-order valence-electron chi connectivity index (χ1n) is 5.99. The van der Waals surface area contributed by atoms with E-state index >= 15 is 0 Å². The predicted octanol–water partition coefficient (Wildman–Crippen LogP) is 1.32. The minimum Gasteiger partial charge on any atom is -0.305 e. The molecule has 0 saturated carbocycles. The summed E-state index contributed by atoms with van der Waals surface area (Å²) in [7, 11) is 1.93. The van der Waals surface area contributed by atoms with Crippen LogP contribution in [-0.2, 0) is 26.7 Å². The Balaban J connectivity index is 1.83. The molecule has 0 amide bonds. The molecule has 0 aromatic carbocycles. The predicted molar refractivity (Wildman–Crippen MR) is 66.3 cm³/mol. The molecule has 0 aliphatic rings. The Morgan fingerprint density at radius 1 is 1.29 bits per heavy atom. The van der Waals surface area contributed by atoms with Gasteiger partial charge >= 0.3 is 0 Å². The molecular formula is C12H19N5. The third-order valence-electron chi connectivity index (χ3n) is 2.62. The molecule has 0 saturated heterocycles. The number of aromatic nitrogens is 4. The van der Waals surface area contributed by atoms with Crippen molar-refractivity contribution >= 4 is 0 Å². The Hall–Kier alpha value is -1.62. The molecule has 0 fully saturated rings. The van der Waals surface area contributed by atoms with E-state index in [2.05, 4.69) is 28.5 Å². The zero-order valence-electron chi connectivity index (χ0n) is 10.4. The van der Waals surface area contributed by atoms with E-state index in [-0.39, 0.29) is 0 Å². The third-order valence-corrected chi connectivity index (χ3v) is 2.62. The normalized spacial score (nSPS) is 10.9. The molecule has 17 heavy (non-hydrogen) atoms.